The van der Waals surface area contributed by atoms with Crippen molar-refractivity contribution in [2.75, 3.05) is 44.7 Å². The molecule has 134 valence electrons. The summed E-state index contributed by atoms with van der Waals surface area (Å²) in [5, 5.41) is 3.61. The van der Waals surface area contributed by atoms with Gasteiger partial charge in [0, 0.05) is 46.0 Å². The van der Waals surface area contributed by atoms with Gasteiger partial charge in [0.2, 0.25) is 0 Å². The Morgan fingerprint density at radius 1 is 1.33 bits per heavy atom. The number of methoxy groups -OCH3 is 1. The van der Waals surface area contributed by atoms with Crippen LogP contribution in [-0.2, 0) is 4.74 Å². The minimum absolute atomic E-state index is 0.0129. The van der Waals surface area contributed by atoms with E-state index in [0.29, 0.717) is 24.7 Å². The third-order valence-electron chi connectivity index (χ3n) is 4.29. The molecule has 1 fully saturated rings. The van der Waals surface area contributed by atoms with Crippen molar-refractivity contribution in [3.8, 4) is 0 Å². The lowest BCUT2D eigenvalue weighted by Crippen LogP contribution is -2.53. The molecule has 0 spiro atoms. The van der Waals surface area contributed by atoms with Gasteiger partial charge in [0.15, 0.2) is 0 Å². The number of ether oxygens (including phenoxy) is 1. The highest BCUT2D eigenvalue weighted by Gasteiger charge is 2.27. The number of nitrogens with zero attached hydrogens (tertiary/aromatic N) is 3. The predicted molar refractivity (Wildman–Crippen MR) is 96.7 cm³/mol. The van der Waals surface area contributed by atoms with Crippen molar-refractivity contribution in [3.63, 3.8) is 0 Å². The first-order valence-corrected chi connectivity index (χ1v) is 8.61. The summed E-state index contributed by atoms with van der Waals surface area (Å²) >= 11 is 5.87. The zero-order valence-electron chi connectivity index (χ0n) is 14.9. The van der Waals surface area contributed by atoms with Crippen LogP contribution in [0.15, 0.2) is 18.3 Å². The molecule has 2 amide bonds. The Hall–Kier alpha value is -1.53. The van der Waals surface area contributed by atoms with E-state index in [2.05, 4.69) is 36.0 Å². The Morgan fingerprint density at radius 2 is 2.00 bits per heavy atom. The SMILES string of the molecule is COC(CNC(=O)N1CCN(c2ccc(Cl)cn2)CC1)C(C)(C)C. The predicted octanol–water partition coefficient (Wildman–Crippen LogP) is 2.63. The molecule has 0 saturated carbocycles. The highest BCUT2D eigenvalue weighted by atomic mass is 35.5. The van der Waals surface area contributed by atoms with Crippen molar-refractivity contribution in [2.24, 2.45) is 5.41 Å². The van der Waals surface area contributed by atoms with Gasteiger partial charge in [-0.05, 0) is 17.5 Å². The van der Waals surface area contributed by atoms with Gasteiger partial charge in [0.1, 0.15) is 5.82 Å². The van der Waals surface area contributed by atoms with Crippen molar-refractivity contribution >= 4 is 23.4 Å². The van der Waals surface area contributed by atoms with Crippen molar-refractivity contribution < 1.29 is 9.53 Å². The molecule has 24 heavy (non-hydrogen) atoms. The number of halogens is 1. The number of urea groups is 1. The van der Waals surface area contributed by atoms with E-state index in [1.807, 2.05) is 17.0 Å². The quantitative estimate of drug-likeness (QED) is 0.903. The second-order valence-corrected chi connectivity index (χ2v) is 7.52. The molecule has 1 aliphatic rings. The molecule has 0 radical (unpaired) electrons. The highest BCUT2D eigenvalue weighted by Crippen LogP contribution is 2.21. The lowest BCUT2D eigenvalue weighted by molar-refractivity contribution is 0.0185. The summed E-state index contributed by atoms with van der Waals surface area (Å²) in [6.45, 7) is 9.68. The molecule has 1 aliphatic heterocycles. The molecule has 2 heterocycles. The maximum absolute atomic E-state index is 12.3. The van der Waals surface area contributed by atoms with Crippen LogP contribution in [0.4, 0.5) is 10.6 Å². The molecular weight excluding hydrogens is 328 g/mol. The van der Waals surface area contributed by atoms with Gasteiger partial charge in [-0.2, -0.15) is 0 Å². The second kappa shape index (κ2) is 8.03. The van der Waals surface area contributed by atoms with Crippen LogP contribution in [0.3, 0.4) is 0 Å². The number of piperazine rings is 1. The van der Waals surface area contributed by atoms with Gasteiger partial charge in [-0.3, -0.25) is 0 Å². The minimum atomic E-state index is -0.0370. The van der Waals surface area contributed by atoms with Crippen LogP contribution < -0.4 is 10.2 Å². The van der Waals surface area contributed by atoms with Crippen molar-refractivity contribution in [3.05, 3.63) is 23.4 Å². The van der Waals surface area contributed by atoms with Crippen LogP contribution in [0.5, 0.6) is 0 Å². The molecular formula is C17H27ClN4O2. The third-order valence-corrected chi connectivity index (χ3v) is 4.52. The Morgan fingerprint density at radius 3 is 2.50 bits per heavy atom. The summed E-state index contributed by atoms with van der Waals surface area (Å²) < 4.78 is 5.48. The van der Waals surface area contributed by atoms with E-state index < -0.39 is 0 Å². The number of hydrogen-bond donors (Lipinski definition) is 1. The van der Waals surface area contributed by atoms with E-state index in [-0.39, 0.29) is 17.6 Å². The number of pyridine rings is 1. The van der Waals surface area contributed by atoms with E-state index in [1.165, 1.54) is 0 Å². The van der Waals surface area contributed by atoms with Crippen LogP contribution >= 0.6 is 11.6 Å². The second-order valence-electron chi connectivity index (χ2n) is 7.09. The molecule has 1 saturated heterocycles. The largest absolute Gasteiger partial charge is 0.379 e. The molecule has 1 aromatic heterocycles. The fraction of sp³-hybridized carbons (Fsp3) is 0.647. The molecule has 1 aromatic rings. The lowest BCUT2D eigenvalue weighted by Gasteiger charge is -2.36. The van der Waals surface area contributed by atoms with Gasteiger partial charge in [-0.15, -0.1) is 0 Å². The van der Waals surface area contributed by atoms with Crippen LogP contribution in [0.2, 0.25) is 5.02 Å². The molecule has 0 aromatic carbocycles. The van der Waals surface area contributed by atoms with Gasteiger partial charge >= 0.3 is 6.03 Å². The minimum Gasteiger partial charge on any atom is -0.379 e. The summed E-state index contributed by atoms with van der Waals surface area (Å²) in [5.41, 5.74) is -0.0129. The number of hydrogen-bond acceptors (Lipinski definition) is 4. The summed E-state index contributed by atoms with van der Waals surface area (Å²) in [4.78, 5) is 20.7. The number of rotatable bonds is 4. The number of carbonyl (C=O) groups is 1. The number of anilines is 1. The molecule has 1 N–H and O–H groups in total. The van der Waals surface area contributed by atoms with E-state index >= 15 is 0 Å². The number of amides is 2. The number of aromatic nitrogens is 1. The number of carbonyl (C=O) groups excluding carboxylic acids is 1. The van der Waals surface area contributed by atoms with Crippen LogP contribution in [0, 0.1) is 5.41 Å². The zero-order valence-corrected chi connectivity index (χ0v) is 15.6. The standard InChI is InChI=1S/C17H27ClN4O2/c1-17(2,3)14(24-4)12-20-16(23)22-9-7-21(8-10-22)15-6-5-13(18)11-19-15/h5-6,11,14H,7-10,12H2,1-4H3,(H,20,23). The average molecular weight is 355 g/mol. The Balaban J connectivity index is 1.81. The first kappa shape index (κ1) is 18.8. The first-order chi connectivity index (χ1) is 11.3. The fourth-order valence-electron chi connectivity index (χ4n) is 2.73. The summed E-state index contributed by atoms with van der Waals surface area (Å²) in [6, 6.07) is 3.70. The number of nitrogens with one attached hydrogen (secondary N) is 1. The maximum atomic E-state index is 12.3. The average Bonchev–Trinajstić information content (AvgIpc) is 2.55. The normalized spacial score (nSPS) is 16.9. The Kier molecular flexibility index (Phi) is 6.29. The summed E-state index contributed by atoms with van der Waals surface area (Å²) in [6.07, 6.45) is 1.63. The fourth-order valence-corrected chi connectivity index (χ4v) is 2.84. The molecule has 0 bridgehead atoms. The van der Waals surface area contributed by atoms with Crippen molar-refractivity contribution in [1.29, 1.82) is 0 Å². The highest BCUT2D eigenvalue weighted by molar-refractivity contribution is 6.30. The molecule has 2 rings (SSSR count). The zero-order chi connectivity index (χ0) is 17.7. The monoisotopic (exact) mass is 354 g/mol. The molecule has 7 heteroatoms. The molecule has 0 aliphatic carbocycles. The van der Waals surface area contributed by atoms with Gasteiger partial charge in [0.05, 0.1) is 11.1 Å². The van der Waals surface area contributed by atoms with Crippen molar-refractivity contribution in [1.82, 2.24) is 15.2 Å². The van der Waals surface area contributed by atoms with Gasteiger partial charge in [-0.25, -0.2) is 9.78 Å². The molecule has 1 atom stereocenters. The van der Waals surface area contributed by atoms with E-state index in [0.717, 1.165) is 18.9 Å². The van der Waals surface area contributed by atoms with Gasteiger partial charge in [0.25, 0.3) is 0 Å². The lowest BCUT2D eigenvalue weighted by atomic mass is 9.89. The molecule has 1 unspecified atom stereocenters. The maximum Gasteiger partial charge on any atom is 0.317 e. The Labute approximate surface area is 149 Å². The van der Waals surface area contributed by atoms with Gasteiger partial charge in [-0.1, -0.05) is 32.4 Å². The van der Waals surface area contributed by atoms with Crippen LogP contribution in [-0.4, -0.2) is 61.9 Å². The topological polar surface area (TPSA) is 57.7 Å². The Bertz CT molecular complexity index is 537. The van der Waals surface area contributed by atoms with Crippen LogP contribution in [0.1, 0.15) is 20.8 Å². The third kappa shape index (κ3) is 4.98. The van der Waals surface area contributed by atoms with Crippen molar-refractivity contribution in [2.45, 2.75) is 26.9 Å². The van der Waals surface area contributed by atoms with E-state index in [1.54, 1.807) is 13.3 Å². The first-order valence-electron chi connectivity index (χ1n) is 8.23. The van der Waals surface area contributed by atoms with Crippen LogP contribution in [0.25, 0.3) is 0 Å². The summed E-state index contributed by atoms with van der Waals surface area (Å²) in [5.74, 6) is 0.895. The molecule has 6 nitrogen and oxygen atoms in total. The van der Waals surface area contributed by atoms with E-state index in [9.17, 15) is 4.79 Å². The summed E-state index contributed by atoms with van der Waals surface area (Å²) in [7, 11) is 1.68. The van der Waals surface area contributed by atoms with Gasteiger partial charge < -0.3 is 19.9 Å². The smallest absolute Gasteiger partial charge is 0.317 e. The van der Waals surface area contributed by atoms with E-state index in [4.69, 9.17) is 16.3 Å².